The van der Waals surface area contributed by atoms with Gasteiger partial charge in [-0.25, -0.2) is 8.42 Å². The molecule has 0 spiro atoms. The SMILES string of the molecule is CCS(=O)(=O)c1ccc(C(C)(C)CCN)cc1. The Hall–Kier alpha value is -0.870. The van der Waals surface area contributed by atoms with E-state index in [1.165, 1.54) is 0 Å². The number of hydrogen-bond acceptors (Lipinski definition) is 3. The Morgan fingerprint density at radius 1 is 1.18 bits per heavy atom. The van der Waals surface area contributed by atoms with Crippen molar-refractivity contribution in [2.24, 2.45) is 5.73 Å². The van der Waals surface area contributed by atoms with Gasteiger partial charge in [0.2, 0.25) is 0 Å². The molecule has 0 bridgehead atoms. The Morgan fingerprint density at radius 2 is 1.71 bits per heavy atom. The Labute approximate surface area is 104 Å². The van der Waals surface area contributed by atoms with Gasteiger partial charge in [0.25, 0.3) is 0 Å². The molecule has 0 saturated carbocycles. The van der Waals surface area contributed by atoms with Gasteiger partial charge in [0.1, 0.15) is 0 Å². The van der Waals surface area contributed by atoms with E-state index in [4.69, 9.17) is 5.73 Å². The first-order chi connectivity index (χ1) is 7.83. The van der Waals surface area contributed by atoms with Crippen molar-refractivity contribution >= 4 is 9.84 Å². The molecular formula is C13H21NO2S. The van der Waals surface area contributed by atoms with E-state index >= 15 is 0 Å². The Morgan fingerprint density at radius 3 is 2.12 bits per heavy atom. The average molecular weight is 255 g/mol. The molecule has 0 aromatic heterocycles. The number of hydrogen-bond donors (Lipinski definition) is 1. The van der Waals surface area contributed by atoms with Gasteiger partial charge in [-0.05, 0) is 36.1 Å². The maximum atomic E-state index is 11.7. The number of nitrogens with two attached hydrogens (primary N) is 1. The molecule has 1 aromatic carbocycles. The van der Waals surface area contributed by atoms with Crippen LogP contribution in [0.3, 0.4) is 0 Å². The minimum atomic E-state index is -3.10. The number of benzene rings is 1. The van der Waals surface area contributed by atoms with Crippen molar-refractivity contribution in [3.8, 4) is 0 Å². The van der Waals surface area contributed by atoms with Crippen LogP contribution in [-0.4, -0.2) is 20.7 Å². The third kappa shape index (κ3) is 3.30. The Bertz CT molecular complexity index is 461. The molecule has 3 nitrogen and oxygen atoms in total. The van der Waals surface area contributed by atoms with Gasteiger partial charge < -0.3 is 5.73 Å². The van der Waals surface area contributed by atoms with Crippen molar-refractivity contribution in [2.45, 2.75) is 37.5 Å². The quantitative estimate of drug-likeness (QED) is 0.876. The predicted octanol–water partition coefficient (Wildman–Crippen LogP) is 2.11. The largest absolute Gasteiger partial charge is 0.330 e. The van der Waals surface area contributed by atoms with Crippen molar-refractivity contribution in [1.29, 1.82) is 0 Å². The fraction of sp³-hybridized carbons (Fsp3) is 0.538. The fourth-order valence-corrected chi connectivity index (χ4v) is 2.67. The maximum Gasteiger partial charge on any atom is 0.178 e. The normalized spacial score (nSPS) is 12.7. The highest BCUT2D eigenvalue weighted by molar-refractivity contribution is 7.91. The van der Waals surface area contributed by atoms with E-state index in [-0.39, 0.29) is 11.2 Å². The third-order valence-corrected chi connectivity index (χ3v) is 4.89. The van der Waals surface area contributed by atoms with Crippen molar-refractivity contribution < 1.29 is 8.42 Å². The standard InChI is InChI=1S/C13H21NO2S/c1-4-17(15,16)12-7-5-11(6-8-12)13(2,3)9-10-14/h5-8H,4,9-10,14H2,1-3H3. The van der Waals surface area contributed by atoms with Crippen LogP contribution in [-0.2, 0) is 15.3 Å². The number of rotatable bonds is 5. The zero-order valence-electron chi connectivity index (χ0n) is 10.7. The molecule has 2 N–H and O–H groups in total. The lowest BCUT2D eigenvalue weighted by Crippen LogP contribution is -2.21. The first-order valence-corrected chi connectivity index (χ1v) is 7.52. The highest BCUT2D eigenvalue weighted by Crippen LogP contribution is 2.27. The van der Waals surface area contributed by atoms with Crippen molar-refractivity contribution in [3.63, 3.8) is 0 Å². The van der Waals surface area contributed by atoms with Crippen molar-refractivity contribution in [2.75, 3.05) is 12.3 Å². The van der Waals surface area contributed by atoms with Crippen LogP contribution in [0.2, 0.25) is 0 Å². The molecule has 0 aliphatic carbocycles. The summed E-state index contributed by atoms with van der Waals surface area (Å²) in [6, 6.07) is 7.15. The van der Waals surface area contributed by atoms with Gasteiger partial charge in [-0.1, -0.05) is 32.9 Å². The molecule has 96 valence electrons. The second-order valence-electron chi connectivity index (χ2n) is 4.85. The van der Waals surface area contributed by atoms with Gasteiger partial charge in [0.05, 0.1) is 10.6 Å². The van der Waals surface area contributed by atoms with Crippen molar-refractivity contribution in [1.82, 2.24) is 0 Å². The van der Waals surface area contributed by atoms with Crippen LogP contribution in [0, 0.1) is 0 Å². The average Bonchev–Trinajstić information content (AvgIpc) is 2.29. The van der Waals surface area contributed by atoms with Crippen LogP contribution in [0.5, 0.6) is 0 Å². The second kappa shape index (κ2) is 5.19. The molecule has 0 amide bonds. The molecular weight excluding hydrogens is 234 g/mol. The summed E-state index contributed by atoms with van der Waals surface area (Å²) < 4.78 is 23.3. The second-order valence-corrected chi connectivity index (χ2v) is 7.13. The summed E-state index contributed by atoms with van der Waals surface area (Å²) in [4.78, 5) is 0.396. The summed E-state index contributed by atoms with van der Waals surface area (Å²) in [5, 5.41) is 0. The van der Waals surface area contributed by atoms with Gasteiger partial charge in [-0.15, -0.1) is 0 Å². The minimum absolute atomic E-state index is 0.0107. The third-order valence-electron chi connectivity index (χ3n) is 3.14. The monoisotopic (exact) mass is 255 g/mol. The zero-order valence-corrected chi connectivity index (χ0v) is 11.5. The van der Waals surface area contributed by atoms with Gasteiger partial charge in [-0.2, -0.15) is 0 Å². The van der Waals surface area contributed by atoms with Gasteiger partial charge in [0.15, 0.2) is 9.84 Å². The number of sulfone groups is 1. The predicted molar refractivity (Wildman–Crippen MR) is 70.9 cm³/mol. The Balaban J connectivity index is 3.04. The van der Waals surface area contributed by atoms with E-state index in [0.29, 0.717) is 11.4 Å². The zero-order chi connectivity index (χ0) is 13.1. The molecule has 0 atom stereocenters. The van der Waals surface area contributed by atoms with E-state index in [1.807, 2.05) is 12.1 Å². The molecule has 0 radical (unpaired) electrons. The van der Waals surface area contributed by atoms with E-state index in [9.17, 15) is 8.42 Å². The first-order valence-electron chi connectivity index (χ1n) is 5.87. The molecule has 0 heterocycles. The molecule has 0 saturated heterocycles. The van der Waals surface area contributed by atoms with Crippen LogP contribution in [0.25, 0.3) is 0 Å². The summed E-state index contributed by atoms with van der Waals surface area (Å²) in [5.74, 6) is 0.137. The minimum Gasteiger partial charge on any atom is -0.330 e. The fourth-order valence-electron chi connectivity index (χ4n) is 1.79. The summed E-state index contributed by atoms with van der Waals surface area (Å²) in [7, 11) is -3.10. The van der Waals surface area contributed by atoms with Crippen LogP contribution in [0.4, 0.5) is 0 Å². The lowest BCUT2D eigenvalue weighted by atomic mass is 9.82. The molecule has 4 heteroatoms. The van der Waals surface area contributed by atoms with E-state index in [0.717, 1.165) is 12.0 Å². The summed E-state index contributed by atoms with van der Waals surface area (Å²) in [5.41, 5.74) is 6.69. The highest BCUT2D eigenvalue weighted by Gasteiger charge is 2.20. The highest BCUT2D eigenvalue weighted by atomic mass is 32.2. The molecule has 0 aliphatic heterocycles. The topological polar surface area (TPSA) is 60.2 Å². The molecule has 0 aliphatic rings. The van der Waals surface area contributed by atoms with Crippen LogP contribution in [0.1, 0.15) is 32.8 Å². The van der Waals surface area contributed by atoms with Crippen molar-refractivity contribution in [3.05, 3.63) is 29.8 Å². The van der Waals surface area contributed by atoms with E-state index in [1.54, 1.807) is 19.1 Å². The first kappa shape index (κ1) is 14.2. The smallest absolute Gasteiger partial charge is 0.178 e. The molecule has 1 rings (SSSR count). The lowest BCUT2D eigenvalue weighted by molar-refractivity contribution is 0.487. The van der Waals surface area contributed by atoms with Gasteiger partial charge in [0, 0.05) is 0 Å². The molecule has 0 fully saturated rings. The maximum absolute atomic E-state index is 11.7. The van der Waals surface area contributed by atoms with Crippen LogP contribution >= 0.6 is 0 Å². The van der Waals surface area contributed by atoms with E-state index < -0.39 is 9.84 Å². The van der Waals surface area contributed by atoms with E-state index in [2.05, 4.69) is 13.8 Å². The molecule has 1 aromatic rings. The molecule has 17 heavy (non-hydrogen) atoms. The Kier molecular flexibility index (Phi) is 4.33. The lowest BCUT2D eigenvalue weighted by Gasteiger charge is -2.24. The summed E-state index contributed by atoms with van der Waals surface area (Å²) in [6.45, 7) is 6.51. The van der Waals surface area contributed by atoms with Crippen LogP contribution in [0.15, 0.2) is 29.2 Å². The summed E-state index contributed by atoms with van der Waals surface area (Å²) in [6.07, 6.45) is 0.882. The van der Waals surface area contributed by atoms with Gasteiger partial charge in [-0.3, -0.25) is 0 Å². The van der Waals surface area contributed by atoms with Gasteiger partial charge >= 0.3 is 0 Å². The molecule has 0 unspecified atom stereocenters. The van der Waals surface area contributed by atoms with Crippen LogP contribution < -0.4 is 5.73 Å². The summed E-state index contributed by atoms with van der Waals surface area (Å²) >= 11 is 0.